The van der Waals surface area contributed by atoms with Gasteiger partial charge in [0, 0.05) is 6.61 Å². The summed E-state index contributed by atoms with van der Waals surface area (Å²) in [5.41, 5.74) is 0. The first-order valence-corrected chi connectivity index (χ1v) is 7.97. The van der Waals surface area contributed by atoms with Gasteiger partial charge in [0.15, 0.2) is 0 Å². The molecule has 0 rings (SSSR count). The van der Waals surface area contributed by atoms with Crippen LogP contribution in [-0.4, -0.2) is 11.7 Å². The highest BCUT2D eigenvalue weighted by molar-refractivity contribution is 4.97. The summed E-state index contributed by atoms with van der Waals surface area (Å²) in [6.45, 7) is 2.57. The van der Waals surface area contributed by atoms with E-state index in [1.165, 1.54) is 32.1 Å². The molecule has 0 amide bonds. The first-order valence-electron chi connectivity index (χ1n) is 7.97. The smallest absolute Gasteiger partial charge is 0.0431 e. The minimum absolute atomic E-state index is 0.332. The van der Waals surface area contributed by atoms with E-state index >= 15 is 0 Å². The molecule has 0 aliphatic rings. The predicted octanol–water partition coefficient (Wildman–Crippen LogP) is 5.57. The molecule has 110 valence electrons. The van der Waals surface area contributed by atoms with Crippen LogP contribution in [0.25, 0.3) is 0 Å². The Balaban J connectivity index is 3.26. The molecule has 0 unspecified atom stereocenters. The van der Waals surface area contributed by atoms with Crippen molar-refractivity contribution in [2.45, 2.75) is 71.1 Å². The van der Waals surface area contributed by atoms with Crippen LogP contribution in [-0.2, 0) is 0 Å². The van der Waals surface area contributed by atoms with E-state index < -0.39 is 0 Å². The van der Waals surface area contributed by atoms with Gasteiger partial charge in [-0.05, 0) is 44.9 Å². The van der Waals surface area contributed by atoms with E-state index in [2.05, 4.69) is 43.4 Å². The molecule has 0 aliphatic carbocycles. The van der Waals surface area contributed by atoms with Gasteiger partial charge in [0.05, 0.1) is 0 Å². The Hall–Kier alpha value is -0.820. The fourth-order valence-corrected chi connectivity index (χ4v) is 1.84. The lowest BCUT2D eigenvalue weighted by molar-refractivity contribution is 0.283. The molecule has 0 aromatic carbocycles. The molecule has 0 fully saturated rings. The molecule has 0 aromatic heterocycles. The molecule has 0 spiro atoms. The molecule has 0 saturated carbocycles. The first kappa shape index (κ1) is 18.2. The van der Waals surface area contributed by atoms with Crippen LogP contribution >= 0.6 is 0 Å². The van der Waals surface area contributed by atoms with Crippen molar-refractivity contribution in [3.05, 3.63) is 36.5 Å². The van der Waals surface area contributed by atoms with Crippen molar-refractivity contribution in [3.63, 3.8) is 0 Å². The predicted molar refractivity (Wildman–Crippen MR) is 86.3 cm³/mol. The van der Waals surface area contributed by atoms with Gasteiger partial charge in [-0.25, -0.2) is 0 Å². The average molecular weight is 264 g/mol. The maximum atomic E-state index is 8.64. The Bertz CT molecular complexity index is 238. The summed E-state index contributed by atoms with van der Waals surface area (Å²) < 4.78 is 0. The van der Waals surface area contributed by atoms with Gasteiger partial charge in [0.2, 0.25) is 0 Å². The number of hydrogen-bond acceptors (Lipinski definition) is 1. The molecule has 0 aliphatic heterocycles. The van der Waals surface area contributed by atoms with Crippen molar-refractivity contribution >= 4 is 0 Å². The van der Waals surface area contributed by atoms with E-state index in [1.54, 1.807) is 0 Å². The summed E-state index contributed by atoms with van der Waals surface area (Å²) in [6, 6.07) is 0. The Kier molecular flexibility index (Phi) is 16.4. The van der Waals surface area contributed by atoms with Crippen molar-refractivity contribution in [2.24, 2.45) is 0 Å². The number of aliphatic hydroxyl groups excluding tert-OH is 1. The van der Waals surface area contributed by atoms with Crippen LogP contribution in [0.1, 0.15) is 71.1 Å². The number of unbranched alkanes of at least 4 members (excludes halogenated alkanes) is 6. The summed E-state index contributed by atoms with van der Waals surface area (Å²) in [7, 11) is 0. The lowest BCUT2D eigenvalue weighted by Gasteiger charge is -1.93. The molecule has 1 nitrogen and oxygen atoms in total. The lowest BCUT2D eigenvalue weighted by Crippen LogP contribution is -1.81. The SMILES string of the molecule is CCCCC/C=C/C/C=C/C/C=C\CCCCCO. The minimum atomic E-state index is 0.332. The molecule has 19 heavy (non-hydrogen) atoms. The molecular weight excluding hydrogens is 232 g/mol. The topological polar surface area (TPSA) is 20.2 Å². The second-order valence-corrected chi connectivity index (χ2v) is 4.95. The standard InChI is InChI=1S/C18H32O/c1-2-3-4-5-6-7-8-9-10-11-12-13-14-15-16-17-18-19/h6-7,9-10,12-13,19H,2-5,8,11,14-18H2,1H3/b7-6+,10-9+,13-12-. The fraction of sp³-hybridized carbons (Fsp3) is 0.667. The third-order valence-corrected chi connectivity index (χ3v) is 3.05. The van der Waals surface area contributed by atoms with Crippen LogP contribution in [0.5, 0.6) is 0 Å². The molecule has 0 aromatic rings. The molecule has 0 bridgehead atoms. The van der Waals surface area contributed by atoms with Crippen molar-refractivity contribution in [2.75, 3.05) is 6.61 Å². The molecule has 0 heterocycles. The van der Waals surface area contributed by atoms with Crippen LogP contribution < -0.4 is 0 Å². The van der Waals surface area contributed by atoms with E-state index in [0.717, 1.165) is 32.1 Å². The van der Waals surface area contributed by atoms with Crippen LogP contribution in [0.3, 0.4) is 0 Å². The van der Waals surface area contributed by atoms with Gasteiger partial charge in [-0.3, -0.25) is 0 Å². The summed E-state index contributed by atoms with van der Waals surface area (Å²) in [6.07, 6.45) is 25.3. The van der Waals surface area contributed by atoms with Crippen LogP contribution in [0.15, 0.2) is 36.5 Å². The molecule has 1 N–H and O–H groups in total. The van der Waals surface area contributed by atoms with Crippen LogP contribution in [0.4, 0.5) is 0 Å². The number of rotatable bonds is 13. The number of hydrogen-bond donors (Lipinski definition) is 1. The third kappa shape index (κ3) is 17.2. The maximum Gasteiger partial charge on any atom is 0.0431 e. The van der Waals surface area contributed by atoms with E-state index in [-0.39, 0.29) is 0 Å². The Labute approximate surface area is 120 Å². The molecule has 0 radical (unpaired) electrons. The summed E-state index contributed by atoms with van der Waals surface area (Å²) in [5.74, 6) is 0. The monoisotopic (exact) mass is 264 g/mol. The zero-order valence-electron chi connectivity index (χ0n) is 12.7. The first-order chi connectivity index (χ1) is 9.41. The lowest BCUT2D eigenvalue weighted by atomic mass is 10.2. The second kappa shape index (κ2) is 17.2. The van der Waals surface area contributed by atoms with E-state index in [9.17, 15) is 0 Å². The summed E-state index contributed by atoms with van der Waals surface area (Å²) >= 11 is 0. The zero-order valence-corrected chi connectivity index (χ0v) is 12.7. The van der Waals surface area contributed by atoms with Crippen molar-refractivity contribution in [1.82, 2.24) is 0 Å². The molecule has 0 saturated heterocycles. The molecule has 0 atom stereocenters. The van der Waals surface area contributed by atoms with Gasteiger partial charge in [0.1, 0.15) is 0 Å². The largest absolute Gasteiger partial charge is 0.396 e. The maximum absolute atomic E-state index is 8.64. The quantitative estimate of drug-likeness (QED) is 0.340. The summed E-state index contributed by atoms with van der Waals surface area (Å²) in [5, 5.41) is 8.64. The Morgan fingerprint density at radius 2 is 1.16 bits per heavy atom. The third-order valence-electron chi connectivity index (χ3n) is 3.05. The van der Waals surface area contributed by atoms with Gasteiger partial charge < -0.3 is 5.11 Å². The molecule has 1 heteroatoms. The van der Waals surface area contributed by atoms with Crippen molar-refractivity contribution in [3.8, 4) is 0 Å². The van der Waals surface area contributed by atoms with Crippen molar-refractivity contribution in [1.29, 1.82) is 0 Å². The minimum Gasteiger partial charge on any atom is -0.396 e. The Morgan fingerprint density at radius 3 is 1.68 bits per heavy atom. The highest BCUT2D eigenvalue weighted by Crippen LogP contribution is 2.02. The van der Waals surface area contributed by atoms with Crippen molar-refractivity contribution < 1.29 is 5.11 Å². The van der Waals surface area contributed by atoms with Crippen LogP contribution in [0.2, 0.25) is 0 Å². The number of allylic oxidation sites excluding steroid dienone is 6. The Morgan fingerprint density at radius 1 is 0.632 bits per heavy atom. The fourth-order valence-electron chi connectivity index (χ4n) is 1.84. The summed E-state index contributed by atoms with van der Waals surface area (Å²) in [4.78, 5) is 0. The van der Waals surface area contributed by atoms with Gasteiger partial charge >= 0.3 is 0 Å². The van der Waals surface area contributed by atoms with Gasteiger partial charge in [0.25, 0.3) is 0 Å². The second-order valence-electron chi connectivity index (χ2n) is 4.95. The van der Waals surface area contributed by atoms with Gasteiger partial charge in [-0.15, -0.1) is 0 Å². The van der Waals surface area contributed by atoms with Crippen LogP contribution in [0, 0.1) is 0 Å². The van der Waals surface area contributed by atoms with E-state index in [4.69, 9.17) is 5.11 Å². The highest BCUT2D eigenvalue weighted by Gasteiger charge is 1.84. The van der Waals surface area contributed by atoms with Gasteiger partial charge in [-0.2, -0.15) is 0 Å². The van der Waals surface area contributed by atoms with Gasteiger partial charge in [-0.1, -0.05) is 62.6 Å². The average Bonchev–Trinajstić information content (AvgIpc) is 2.43. The van der Waals surface area contributed by atoms with E-state index in [0.29, 0.717) is 6.61 Å². The van der Waals surface area contributed by atoms with E-state index in [1.807, 2.05) is 0 Å². The highest BCUT2D eigenvalue weighted by atomic mass is 16.2. The normalized spacial score (nSPS) is 12.3. The number of aliphatic hydroxyl groups is 1. The molecular formula is C18H32O. The zero-order chi connectivity index (χ0) is 14.0.